The lowest BCUT2D eigenvalue weighted by Crippen LogP contribution is -2.54. The first-order valence-corrected chi connectivity index (χ1v) is 14.0. The maximum Gasteiger partial charge on any atom is 0.317 e. The first-order valence-electron chi connectivity index (χ1n) is 12.4. The molecule has 0 saturated heterocycles. The van der Waals surface area contributed by atoms with E-state index >= 15 is 0 Å². The van der Waals surface area contributed by atoms with Crippen LogP contribution in [-0.2, 0) is 21.3 Å². The van der Waals surface area contributed by atoms with Crippen molar-refractivity contribution in [1.29, 1.82) is 0 Å². The third-order valence-corrected chi connectivity index (χ3v) is 9.81. The lowest BCUT2D eigenvalue weighted by Gasteiger charge is -2.57. The van der Waals surface area contributed by atoms with Crippen molar-refractivity contribution in [2.75, 3.05) is 12.4 Å². The fourth-order valence-corrected chi connectivity index (χ4v) is 7.18. The van der Waals surface area contributed by atoms with E-state index in [0.717, 1.165) is 50.5 Å². The molecule has 0 radical (unpaired) electrons. The first kappa shape index (κ1) is 25.4. The van der Waals surface area contributed by atoms with E-state index in [9.17, 15) is 18.3 Å². The molecule has 2 saturated carbocycles. The van der Waals surface area contributed by atoms with E-state index in [4.69, 9.17) is 9.29 Å². The number of hydrogen-bond donors (Lipinski definition) is 2. The highest BCUT2D eigenvalue weighted by atomic mass is 32.2. The molecule has 5 atom stereocenters. The summed E-state index contributed by atoms with van der Waals surface area (Å²) in [5, 5.41) is 10.2. The Bertz CT molecular complexity index is 1060. The molecular formula is C27H38O6S. The average molecular weight is 491 g/mol. The number of aryl methyl sites for hydroxylation is 1. The van der Waals surface area contributed by atoms with Crippen molar-refractivity contribution >= 4 is 16.1 Å². The molecule has 188 valence electrons. The Hall–Kier alpha value is -1.70. The Morgan fingerprint density at radius 2 is 1.79 bits per heavy atom. The first-order chi connectivity index (χ1) is 15.9. The Balaban J connectivity index is 1.56. The molecule has 0 amide bonds. The van der Waals surface area contributed by atoms with E-state index in [2.05, 4.69) is 26.8 Å². The minimum absolute atomic E-state index is 0.156. The zero-order chi connectivity index (χ0) is 24.8. The van der Waals surface area contributed by atoms with Gasteiger partial charge in [0.25, 0.3) is 10.1 Å². The van der Waals surface area contributed by atoms with E-state index < -0.39 is 15.5 Å². The second-order valence-electron chi connectivity index (χ2n) is 11.8. The van der Waals surface area contributed by atoms with Crippen molar-refractivity contribution in [3.8, 4) is 5.75 Å². The van der Waals surface area contributed by atoms with Crippen LogP contribution in [0.2, 0.25) is 0 Å². The maximum atomic E-state index is 13.6. The van der Waals surface area contributed by atoms with Gasteiger partial charge in [0.15, 0.2) is 0 Å². The molecule has 5 rings (SSSR count). The van der Waals surface area contributed by atoms with Gasteiger partial charge < -0.3 is 9.84 Å². The van der Waals surface area contributed by atoms with Gasteiger partial charge in [-0.15, -0.1) is 0 Å². The molecule has 0 aromatic heterocycles. The summed E-state index contributed by atoms with van der Waals surface area (Å²) in [5.41, 5.74) is 1.57. The lowest BCUT2D eigenvalue weighted by atomic mass is 9.47. The van der Waals surface area contributed by atoms with E-state index in [1.807, 2.05) is 0 Å². The normalized spacial score (nSPS) is 37.1. The number of fused-ring (bicyclic) bond motifs is 4. The number of carbonyl (C=O) groups is 1. The molecule has 0 heterocycles. The summed E-state index contributed by atoms with van der Waals surface area (Å²) in [5.74, 6) is 0.401. The number of ether oxygens (including phenoxy) is 1. The molecule has 0 aliphatic heterocycles. The number of hydrogen-bond acceptors (Lipinski definition) is 5. The van der Waals surface area contributed by atoms with Gasteiger partial charge in [-0.2, -0.15) is 8.42 Å². The van der Waals surface area contributed by atoms with Gasteiger partial charge in [-0.3, -0.25) is 9.35 Å². The molecule has 4 aliphatic rings. The number of carbonyl (C=O) groups excluding carboxylic acids is 1. The molecule has 2 N–H and O–H groups in total. The monoisotopic (exact) mass is 490 g/mol. The quantitative estimate of drug-likeness (QED) is 0.253. The number of aliphatic hydroxyl groups is 1. The van der Waals surface area contributed by atoms with Crippen LogP contribution in [0.5, 0.6) is 5.75 Å². The van der Waals surface area contributed by atoms with E-state index in [0.29, 0.717) is 11.7 Å². The fraction of sp³-hybridized carbons (Fsp3) is 0.667. The Morgan fingerprint density at radius 3 is 2.44 bits per heavy atom. The summed E-state index contributed by atoms with van der Waals surface area (Å²) in [6.07, 6.45) is 9.26. The number of esters is 1. The Labute approximate surface area is 203 Å². The van der Waals surface area contributed by atoms with Crippen LogP contribution in [0.1, 0.15) is 71.3 Å². The van der Waals surface area contributed by atoms with Crippen molar-refractivity contribution < 1.29 is 27.6 Å². The van der Waals surface area contributed by atoms with Gasteiger partial charge in [-0.05, 0) is 98.7 Å². The minimum Gasteiger partial charge on any atom is -0.426 e. The van der Waals surface area contributed by atoms with Crippen LogP contribution < -0.4 is 4.74 Å². The summed E-state index contributed by atoms with van der Waals surface area (Å²) < 4.78 is 36.8. The standard InChI is InChI=1S/C27H38O6S/c1-25(18-28)16-20-6-9-22-23(17-25)26(2,12-10-20)13-14-27(22,3)24(29)33-21-7-4-19(5-8-21)11-15-34(30,31)32/h4-8,22-23,28H,9-18H2,1-3H3,(H,30,31,32)/b20-6+. The van der Waals surface area contributed by atoms with Gasteiger partial charge in [0.2, 0.25) is 0 Å². The van der Waals surface area contributed by atoms with Crippen LogP contribution in [0, 0.1) is 28.1 Å². The number of benzene rings is 1. The summed E-state index contributed by atoms with van der Waals surface area (Å²) >= 11 is 0. The number of rotatable bonds is 6. The summed E-state index contributed by atoms with van der Waals surface area (Å²) in [6.45, 7) is 6.78. The van der Waals surface area contributed by atoms with Crippen molar-refractivity contribution in [2.24, 2.45) is 28.1 Å². The molecule has 6 nitrogen and oxygen atoms in total. The fourth-order valence-electron chi connectivity index (χ4n) is 6.69. The third kappa shape index (κ3) is 5.12. The summed E-state index contributed by atoms with van der Waals surface area (Å²) in [6, 6.07) is 6.83. The average Bonchev–Trinajstić information content (AvgIpc) is 2.76. The smallest absolute Gasteiger partial charge is 0.317 e. The third-order valence-electron chi connectivity index (χ3n) is 9.09. The van der Waals surface area contributed by atoms with Gasteiger partial charge >= 0.3 is 5.97 Å². The van der Waals surface area contributed by atoms with E-state index in [1.165, 1.54) is 5.57 Å². The van der Waals surface area contributed by atoms with Crippen LogP contribution in [0.25, 0.3) is 0 Å². The van der Waals surface area contributed by atoms with Crippen LogP contribution >= 0.6 is 0 Å². The molecule has 2 fully saturated rings. The second-order valence-corrected chi connectivity index (χ2v) is 13.4. The highest BCUT2D eigenvalue weighted by molar-refractivity contribution is 7.85. The number of aliphatic hydroxyl groups excluding tert-OH is 1. The maximum absolute atomic E-state index is 13.6. The molecule has 0 spiro atoms. The molecule has 1 aromatic carbocycles. The van der Waals surface area contributed by atoms with E-state index in [-0.39, 0.29) is 41.5 Å². The SMILES string of the molecule is CC1(CO)C/C2=C/CC3C(C1)C(C)(CC2)CCC3(C)C(=O)Oc1ccc(CCS(=O)(=O)O)cc1. The summed E-state index contributed by atoms with van der Waals surface area (Å²) in [4.78, 5) is 13.6. The van der Waals surface area contributed by atoms with Crippen LogP contribution in [0.3, 0.4) is 0 Å². The second kappa shape index (κ2) is 9.07. The van der Waals surface area contributed by atoms with Crippen LogP contribution in [0.4, 0.5) is 0 Å². The molecule has 1 aromatic rings. The van der Waals surface area contributed by atoms with E-state index in [1.54, 1.807) is 24.3 Å². The lowest BCUT2D eigenvalue weighted by molar-refractivity contribution is -0.161. The van der Waals surface area contributed by atoms with Crippen LogP contribution in [0.15, 0.2) is 35.9 Å². The summed E-state index contributed by atoms with van der Waals surface area (Å²) in [7, 11) is -4.02. The molecule has 5 unspecified atom stereocenters. The van der Waals surface area contributed by atoms with Crippen molar-refractivity contribution in [3.63, 3.8) is 0 Å². The van der Waals surface area contributed by atoms with Gasteiger partial charge in [0.1, 0.15) is 5.75 Å². The number of allylic oxidation sites excluding steroid dienone is 2. The Morgan fingerprint density at radius 1 is 1.09 bits per heavy atom. The molecule has 34 heavy (non-hydrogen) atoms. The largest absolute Gasteiger partial charge is 0.426 e. The highest BCUT2D eigenvalue weighted by Gasteiger charge is 2.57. The Kier molecular flexibility index (Phi) is 6.77. The van der Waals surface area contributed by atoms with Crippen molar-refractivity contribution in [3.05, 3.63) is 41.5 Å². The predicted molar refractivity (Wildman–Crippen MR) is 131 cm³/mol. The van der Waals surface area contributed by atoms with Gasteiger partial charge in [0, 0.05) is 6.61 Å². The highest BCUT2D eigenvalue weighted by Crippen LogP contribution is 2.62. The van der Waals surface area contributed by atoms with Crippen molar-refractivity contribution in [2.45, 2.75) is 72.1 Å². The van der Waals surface area contributed by atoms with Gasteiger partial charge in [-0.25, -0.2) is 0 Å². The van der Waals surface area contributed by atoms with Gasteiger partial charge in [0.05, 0.1) is 11.2 Å². The van der Waals surface area contributed by atoms with Crippen molar-refractivity contribution in [1.82, 2.24) is 0 Å². The zero-order valence-corrected chi connectivity index (χ0v) is 21.4. The molecule has 4 aliphatic carbocycles. The molecule has 7 heteroatoms. The van der Waals surface area contributed by atoms with Gasteiger partial charge in [-0.1, -0.05) is 37.6 Å². The predicted octanol–water partition coefficient (Wildman–Crippen LogP) is 4.96. The molecule has 4 bridgehead atoms. The molecular weight excluding hydrogens is 452 g/mol. The van der Waals surface area contributed by atoms with Crippen LogP contribution in [-0.4, -0.2) is 36.4 Å². The zero-order valence-electron chi connectivity index (χ0n) is 20.5. The topological polar surface area (TPSA) is 101 Å². The minimum atomic E-state index is -4.02.